The summed E-state index contributed by atoms with van der Waals surface area (Å²) in [6.45, 7) is 6.52. The molecule has 0 atom stereocenters. The van der Waals surface area contributed by atoms with Gasteiger partial charge in [0.25, 0.3) is 0 Å². The SMILES string of the molecule is CCCN(C)c1cc(NC(=O)O)c(NC(=O)CC(=O)c2cccc(-c3cc(C)no3)c2)cc1C. The van der Waals surface area contributed by atoms with Gasteiger partial charge in [-0.3, -0.25) is 14.9 Å². The molecule has 0 spiro atoms. The third-order valence-corrected chi connectivity index (χ3v) is 5.24. The molecule has 0 unspecified atom stereocenters. The number of hydrogen-bond acceptors (Lipinski definition) is 6. The lowest BCUT2D eigenvalue weighted by atomic mass is 10.0. The summed E-state index contributed by atoms with van der Waals surface area (Å²) in [6, 6.07) is 11.9. The van der Waals surface area contributed by atoms with E-state index in [4.69, 9.17) is 4.52 Å². The largest absolute Gasteiger partial charge is 0.465 e. The Morgan fingerprint density at radius 1 is 1.06 bits per heavy atom. The van der Waals surface area contributed by atoms with Gasteiger partial charge in [0.1, 0.15) is 0 Å². The van der Waals surface area contributed by atoms with E-state index in [9.17, 15) is 19.5 Å². The third-order valence-electron chi connectivity index (χ3n) is 5.24. The van der Waals surface area contributed by atoms with Gasteiger partial charge < -0.3 is 19.8 Å². The van der Waals surface area contributed by atoms with Crippen LogP contribution in [0.5, 0.6) is 0 Å². The van der Waals surface area contributed by atoms with Crippen molar-refractivity contribution < 1.29 is 24.0 Å². The maximum atomic E-state index is 12.8. The highest BCUT2D eigenvalue weighted by atomic mass is 16.5. The van der Waals surface area contributed by atoms with Gasteiger partial charge in [0.05, 0.1) is 23.5 Å². The van der Waals surface area contributed by atoms with Crippen molar-refractivity contribution in [1.82, 2.24) is 5.16 Å². The Bertz CT molecular complexity index is 1220. The van der Waals surface area contributed by atoms with E-state index in [-0.39, 0.29) is 17.2 Å². The predicted molar refractivity (Wildman–Crippen MR) is 131 cm³/mol. The van der Waals surface area contributed by atoms with E-state index >= 15 is 0 Å². The maximum absolute atomic E-state index is 12.8. The zero-order valence-electron chi connectivity index (χ0n) is 19.6. The van der Waals surface area contributed by atoms with Crippen LogP contribution >= 0.6 is 0 Å². The van der Waals surface area contributed by atoms with Gasteiger partial charge in [0.15, 0.2) is 11.5 Å². The van der Waals surface area contributed by atoms with Crippen molar-refractivity contribution in [3.63, 3.8) is 0 Å². The van der Waals surface area contributed by atoms with Crippen molar-refractivity contribution in [2.45, 2.75) is 33.6 Å². The van der Waals surface area contributed by atoms with Crippen LogP contribution in [0.2, 0.25) is 0 Å². The normalized spacial score (nSPS) is 10.6. The number of aromatic nitrogens is 1. The quantitative estimate of drug-likeness (QED) is 0.297. The molecule has 178 valence electrons. The highest BCUT2D eigenvalue weighted by molar-refractivity contribution is 6.12. The summed E-state index contributed by atoms with van der Waals surface area (Å²) in [5.74, 6) is -0.391. The molecule has 2 aromatic carbocycles. The second kappa shape index (κ2) is 10.7. The first kappa shape index (κ1) is 24.5. The molecule has 3 rings (SSSR count). The Kier molecular flexibility index (Phi) is 7.68. The first-order valence-corrected chi connectivity index (χ1v) is 10.9. The number of nitrogens with zero attached hydrogens (tertiary/aromatic N) is 2. The summed E-state index contributed by atoms with van der Waals surface area (Å²) in [4.78, 5) is 38.8. The molecule has 9 heteroatoms. The van der Waals surface area contributed by atoms with Crippen LogP contribution in [-0.4, -0.2) is 41.6 Å². The van der Waals surface area contributed by atoms with Gasteiger partial charge in [-0.2, -0.15) is 0 Å². The molecule has 34 heavy (non-hydrogen) atoms. The molecule has 1 heterocycles. The van der Waals surface area contributed by atoms with Gasteiger partial charge in [-0.25, -0.2) is 4.79 Å². The molecular weight excluding hydrogens is 436 g/mol. The molecule has 3 aromatic rings. The number of carboxylic acid groups (broad SMARTS) is 1. The van der Waals surface area contributed by atoms with Crippen molar-refractivity contribution in [3.05, 3.63) is 59.3 Å². The fourth-order valence-electron chi connectivity index (χ4n) is 3.67. The van der Waals surface area contributed by atoms with E-state index in [1.807, 2.05) is 18.9 Å². The zero-order chi connectivity index (χ0) is 24.8. The minimum absolute atomic E-state index is 0.236. The summed E-state index contributed by atoms with van der Waals surface area (Å²) in [5.41, 5.74) is 4.00. The number of aryl methyl sites for hydroxylation is 2. The van der Waals surface area contributed by atoms with Crippen molar-refractivity contribution in [3.8, 4) is 11.3 Å². The van der Waals surface area contributed by atoms with Crippen LogP contribution in [0.15, 0.2) is 47.0 Å². The van der Waals surface area contributed by atoms with Gasteiger partial charge in [0.2, 0.25) is 5.91 Å². The Labute approximate surface area is 197 Å². The molecule has 0 saturated carbocycles. The van der Waals surface area contributed by atoms with Gasteiger partial charge in [0, 0.05) is 36.5 Å². The Morgan fingerprint density at radius 3 is 2.44 bits per heavy atom. The van der Waals surface area contributed by atoms with Gasteiger partial charge >= 0.3 is 6.09 Å². The van der Waals surface area contributed by atoms with Crippen LogP contribution in [0.25, 0.3) is 11.3 Å². The number of Topliss-reactive ketones (excluding diaryl/α,β-unsaturated/α-hetero) is 1. The van der Waals surface area contributed by atoms with Gasteiger partial charge in [-0.1, -0.05) is 30.3 Å². The van der Waals surface area contributed by atoms with Crippen LogP contribution in [0.3, 0.4) is 0 Å². The molecule has 0 aliphatic rings. The summed E-state index contributed by atoms with van der Waals surface area (Å²) < 4.78 is 5.24. The Balaban J connectivity index is 1.78. The van der Waals surface area contributed by atoms with Crippen molar-refractivity contribution in [2.24, 2.45) is 0 Å². The number of amides is 2. The molecular formula is C25H28N4O5. The lowest BCUT2D eigenvalue weighted by molar-refractivity contribution is -0.115. The number of anilines is 3. The fraction of sp³-hybridized carbons (Fsp3) is 0.280. The number of carbonyl (C=O) groups is 3. The molecule has 0 bridgehead atoms. The number of ketones is 1. The molecule has 9 nitrogen and oxygen atoms in total. The number of nitrogens with one attached hydrogen (secondary N) is 2. The van der Waals surface area contributed by atoms with E-state index in [1.165, 1.54) is 0 Å². The number of carbonyl (C=O) groups excluding carboxylic acids is 2. The van der Waals surface area contributed by atoms with Crippen molar-refractivity contribution in [1.29, 1.82) is 0 Å². The number of rotatable bonds is 9. The topological polar surface area (TPSA) is 125 Å². The second-order valence-electron chi connectivity index (χ2n) is 8.10. The van der Waals surface area contributed by atoms with Crippen molar-refractivity contribution in [2.75, 3.05) is 29.1 Å². The second-order valence-corrected chi connectivity index (χ2v) is 8.10. The van der Waals surface area contributed by atoms with E-state index < -0.39 is 18.4 Å². The molecule has 0 aliphatic carbocycles. The summed E-state index contributed by atoms with van der Waals surface area (Å²) in [6.07, 6.45) is -0.726. The molecule has 2 amide bonds. The molecule has 3 N–H and O–H groups in total. The maximum Gasteiger partial charge on any atom is 0.409 e. The summed E-state index contributed by atoms with van der Waals surface area (Å²) in [7, 11) is 1.92. The first-order chi connectivity index (χ1) is 16.2. The number of hydrogen-bond donors (Lipinski definition) is 3. The van der Waals surface area contributed by atoms with Crippen LogP contribution < -0.4 is 15.5 Å². The first-order valence-electron chi connectivity index (χ1n) is 10.9. The predicted octanol–water partition coefficient (Wildman–Crippen LogP) is 5.11. The smallest absolute Gasteiger partial charge is 0.409 e. The minimum atomic E-state index is -1.25. The summed E-state index contributed by atoms with van der Waals surface area (Å²) >= 11 is 0. The lowest BCUT2D eigenvalue weighted by Crippen LogP contribution is -2.21. The molecule has 0 radical (unpaired) electrons. The molecule has 0 aliphatic heterocycles. The van der Waals surface area contributed by atoms with Crippen LogP contribution in [0.4, 0.5) is 21.9 Å². The Hall–Kier alpha value is -4.14. The fourth-order valence-corrected chi connectivity index (χ4v) is 3.67. The van der Waals surface area contributed by atoms with Gasteiger partial charge in [-0.05, 0) is 44.0 Å². The van der Waals surface area contributed by atoms with Crippen molar-refractivity contribution >= 4 is 34.8 Å². The molecule has 0 saturated heterocycles. The highest BCUT2D eigenvalue weighted by Crippen LogP contribution is 2.32. The Morgan fingerprint density at radius 2 is 1.79 bits per heavy atom. The monoisotopic (exact) mass is 464 g/mol. The van der Waals surface area contributed by atoms with E-state index in [0.717, 1.165) is 29.9 Å². The third kappa shape index (κ3) is 6.00. The standard InChI is InChI=1S/C25H28N4O5/c1-5-9-29(4)21-13-20(27-25(32)33)19(10-15(21)2)26-24(31)14-22(30)17-7-6-8-18(12-17)23-11-16(3)28-34-23/h6-8,10-13,27H,5,9,14H2,1-4H3,(H,26,31)(H,32,33). The number of benzene rings is 2. The van der Waals surface area contributed by atoms with Crippen LogP contribution in [-0.2, 0) is 4.79 Å². The van der Waals surface area contributed by atoms with E-state index in [1.54, 1.807) is 49.4 Å². The molecule has 0 fully saturated rings. The van der Waals surface area contributed by atoms with Gasteiger partial charge in [-0.15, -0.1) is 0 Å². The summed E-state index contributed by atoms with van der Waals surface area (Å²) in [5, 5.41) is 18.1. The van der Waals surface area contributed by atoms with E-state index in [2.05, 4.69) is 22.7 Å². The van der Waals surface area contributed by atoms with Crippen LogP contribution in [0.1, 0.15) is 41.4 Å². The molecule has 1 aromatic heterocycles. The highest BCUT2D eigenvalue weighted by Gasteiger charge is 2.18. The van der Waals surface area contributed by atoms with E-state index in [0.29, 0.717) is 16.9 Å². The average molecular weight is 465 g/mol. The van der Waals surface area contributed by atoms with Crippen LogP contribution in [0, 0.1) is 13.8 Å². The zero-order valence-corrected chi connectivity index (χ0v) is 19.6. The minimum Gasteiger partial charge on any atom is -0.465 e. The average Bonchev–Trinajstić information content (AvgIpc) is 3.21. The lowest BCUT2D eigenvalue weighted by Gasteiger charge is -2.23.